The Morgan fingerprint density at radius 2 is 1.95 bits per heavy atom. The summed E-state index contributed by atoms with van der Waals surface area (Å²) in [6, 6.07) is 6.75. The lowest BCUT2D eigenvalue weighted by Crippen LogP contribution is -2.24. The van der Waals surface area contributed by atoms with E-state index in [4.69, 9.17) is 4.74 Å². The molecule has 6 nitrogen and oxygen atoms in total. The van der Waals surface area contributed by atoms with Gasteiger partial charge in [0.25, 0.3) is 5.91 Å². The molecule has 0 aliphatic heterocycles. The number of nitrogens with zero attached hydrogens (tertiary/aromatic N) is 1. The van der Waals surface area contributed by atoms with E-state index in [0.717, 1.165) is 0 Å². The number of carbonyl (C=O) groups is 2. The van der Waals surface area contributed by atoms with E-state index in [9.17, 15) is 9.59 Å². The molecule has 0 saturated heterocycles. The zero-order chi connectivity index (χ0) is 15.0. The van der Waals surface area contributed by atoms with Crippen molar-refractivity contribution >= 4 is 23.7 Å². The third kappa shape index (κ3) is 6.53. The maximum Gasteiger partial charge on any atom is 0.277 e. The molecule has 20 heavy (non-hydrogen) atoms. The molecule has 0 heterocycles. The SMILES string of the molecule is CC(=O)Nc1ccc(OCC(=O)N/N=C\C(C)C)cc1. The smallest absolute Gasteiger partial charge is 0.277 e. The van der Waals surface area contributed by atoms with Gasteiger partial charge in [0.1, 0.15) is 5.75 Å². The van der Waals surface area contributed by atoms with Crippen LogP contribution in [0.2, 0.25) is 0 Å². The second kappa shape index (κ2) is 7.93. The second-order valence-electron chi connectivity index (χ2n) is 4.55. The van der Waals surface area contributed by atoms with Crippen LogP contribution in [0.5, 0.6) is 5.75 Å². The lowest BCUT2D eigenvalue weighted by Gasteiger charge is -2.06. The monoisotopic (exact) mass is 277 g/mol. The standard InChI is InChI=1S/C14H19N3O3/c1-10(2)8-15-17-14(19)9-20-13-6-4-12(5-7-13)16-11(3)18/h4-8,10H,9H2,1-3H3,(H,16,18)(H,17,19)/b15-8-. The first-order valence-corrected chi connectivity index (χ1v) is 6.30. The molecule has 108 valence electrons. The number of hydrogen-bond acceptors (Lipinski definition) is 4. The Morgan fingerprint density at radius 1 is 1.30 bits per heavy atom. The maximum absolute atomic E-state index is 11.4. The van der Waals surface area contributed by atoms with E-state index in [0.29, 0.717) is 11.4 Å². The summed E-state index contributed by atoms with van der Waals surface area (Å²) >= 11 is 0. The van der Waals surface area contributed by atoms with Gasteiger partial charge in [-0.15, -0.1) is 0 Å². The fourth-order valence-electron chi connectivity index (χ4n) is 1.28. The largest absolute Gasteiger partial charge is 0.484 e. The molecule has 0 fully saturated rings. The highest BCUT2D eigenvalue weighted by molar-refractivity contribution is 5.88. The molecule has 0 saturated carbocycles. The van der Waals surface area contributed by atoms with Crippen molar-refractivity contribution in [1.29, 1.82) is 0 Å². The van der Waals surface area contributed by atoms with Crippen LogP contribution in [-0.4, -0.2) is 24.6 Å². The summed E-state index contributed by atoms with van der Waals surface area (Å²) in [5.74, 6) is 0.355. The van der Waals surface area contributed by atoms with Gasteiger partial charge in [-0.25, -0.2) is 5.43 Å². The van der Waals surface area contributed by atoms with Gasteiger partial charge in [0.05, 0.1) is 0 Å². The highest BCUT2D eigenvalue weighted by Crippen LogP contribution is 2.15. The highest BCUT2D eigenvalue weighted by Gasteiger charge is 2.02. The molecule has 0 spiro atoms. The van der Waals surface area contributed by atoms with Crippen molar-refractivity contribution in [3.05, 3.63) is 24.3 Å². The summed E-state index contributed by atoms with van der Waals surface area (Å²) in [6.07, 6.45) is 1.64. The van der Waals surface area contributed by atoms with E-state index in [1.165, 1.54) is 6.92 Å². The second-order valence-corrected chi connectivity index (χ2v) is 4.55. The minimum atomic E-state index is -0.326. The van der Waals surface area contributed by atoms with E-state index in [1.54, 1.807) is 30.5 Å². The Kier molecular flexibility index (Phi) is 6.22. The van der Waals surface area contributed by atoms with Gasteiger partial charge in [-0.3, -0.25) is 9.59 Å². The number of hydrazone groups is 1. The summed E-state index contributed by atoms with van der Waals surface area (Å²) in [5.41, 5.74) is 3.05. The fraction of sp³-hybridized carbons (Fsp3) is 0.357. The zero-order valence-corrected chi connectivity index (χ0v) is 11.8. The van der Waals surface area contributed by atoms with Crippen LogP contribution < -0.4 is 15.5 Å². The van der Waals surface area contributed by atoms with E-state index in [1.807, 2.05) is 13.8 Å². The maximum atomic E-state index is 11.4. The van der Waals surface area contributed by atoms with E-state index >= 15 is 0 Å². The van der Waals surface area contributed by atoms with Crippen LogP contribution in [0.15, 0.2) is 29.4 Å². The zero-order valence-electron chi connectivity index (χ0n) is 11.8. The lowest BCUT2D eigenvalue weighted by atomic mass is 10.3. The summed E-state index contributed by atoms with van der Waals surface area (Å²) < 4.78 is 5.29. The Labute approximate surface area is 118 Å². The quantitative estimate of drug-likeness (QED) is 0.614. The van der Waals surface area contributed by atoms with Gasteiger partial charge in [-0.2, -0.15) is 5.10 Å². The van der Waals surface area contributed by atoms with Crippen molar-refractivity contribution in [1.82, 2.24) is 5.43 Å². The lowest BCUT2D eigenvalue weighted by molar-refractivity contribution is -0.123. The van der Waals surface area contributed by atoms with Crippen LogP contribution in [-0.2, 0) is 9.59 Å². The molecule has 0 aliphatic carbocycles. The highest BCUT2D eigenvalue weighted by atomic mass is 16.5. The molecular formula is C14H19N3O3. The Morgan fingerprint density at radius 3 is 2.50 bits per heavy atom. The average molecular weight is 277 g/mol. The van der Waals surface area contributed by atoms with Crippen molar-refractivity contribution < 1.29 is 14.3 Å². The van der Waals surface area contributed by atoms with Gasteiger partial charge < -0.3 is 10.1 Å². The van der Waals surface area contributed by atoms with Crippen LogP contribution in [0.3, 0.4) is 0 Å². The molecule has 1 rings (SSSR count). The van der Waals surface area contributed by atoms with E-state index < -0.39 is 0 Å². The predicted molar refractivity (Wildman–Crippen MR) is 77.7 cm³/mol. The normalized spacial score (nSPS) is 10.6. The van der Waals surface area contributed by atoms with E-state index in [-0.39, 0.29) is 24.3 Å². The molecule has 2 amide bonds. The van der Waals surface area contributed by atoms with E-state index in [2.05, 4.69) is 15.8 Å². The third-order valence-electron chi connectivity index (χ3n) is 2.11. The number of carbonyl (C=O) groups excluding carboxylic acids is 2. The van der Waals surface area contributed by atoms with Crippen molar-refractivity contribution in [2.45, 2.75) is 20.8 Å². The first-order valence-electron chi connectivity index (χ1n) is 6.30. The summed E-state index contributed by atoms with van der Waals surface area (Å²) in [7, 11) is 0. The minimum Gasteiger partial charge on any atom is -0.484 e. The molecule has 0 aromatic heterocycles. The molecule has 0 atom stereocenters. The number of amides is 2. The molecule has 0 radical (unpaired) electrons. The minimum absolute atomic E-state index is 0.116. The predicted octanol–water partition coefficient (Wildman–Crippen LogP) is 1.78. The van der Waals surface area contributed by atoms with Crippen LogP contribution in [0.25, 0.3) is 0 Å². The number of hydrogen-bond donors (Lipinski definition) is 2. The first kappa shape index (κ1) is 15.7. The Balaban J connectivity index is 2.38. The van der Waals surface area contributed by atoms with Crippen molar-refractivity contribution in [2.24, 2.45) is 11.0 Å². The topological polar surface area (TPSA) is 79.8 Å². The van der Waals surface area contributed by atoms with Crippen LogP contribution in [0.1, 0.15) is 20.8 Å². The molecular weight excluding hydrogens is 258 g/mol. The number of benzene rings is 1. The number of nitrogens with one attached hydrogen (secondary N) is 2. The number of anilines is 1. The average Bonchev–Trinajstić information content (AvgIpc) is 2.37. The molecule has 1 aromatic carbocycles. The summed E-state index contributed by atoms with van der Waals surface area (Å²) in [6.45, 7) is 5.24. The molecule has 1 aromatic rings. The van der Waals surface area contributed by atoms with Crippen molar-refractivity contribution in [2.75, 3.05) is 11.9 Å². The molecule has 0 bridgehead atoms. The number of rotatable bonds is 6. The molecule has 0 unspecified atom stereocenters. The van der Waals surface area contributed by atoms with Gasteiger partial charge >= 0.3 is 0 Å². The first-order chi connectivity index (χ1) is 9.47. The van der Waals surface area contributed by atoms with Gasteiger partial charge in [-0.1, -0.05) is 13.8 Å². The summed E-state index contributed by atoms with van der Waals surface area (Å²) in [5, 5.41) is 6.42. The molecule has 2 N–H and O–H groups in total. The van der Waals surface area contributed by atoms with Crippen LogP contribution in [0, 0.1) is 5.92 Å². The Bertz CT molecular complexity index is 481. The van der Waals surface area contributed by atoms with Gasteiger partial charge in [-0.05, 0) is 30.2 Å². The van der Waals surface area contributed by atoms with Crippen LogP contribution >= 0.6 is 0 Å². The van der Waals surface area contributed by atoms with Crippen molar-refractivity contribution in [3.63, 3.8) is 0 Å². The van der Waals surface area contributed by atoms with Crippen molar-refractivity contribution in [3.8, 4) is 5.75 Å². The van der Waals surface area contributed by atoms with Gasteiger partial charge in [0.15, 0.2) is 6.61 Å². The van der Waals surface area contributed by atoms with Crippen LogP contribution in [0.4, 0.5) is 5.69 Å². The molecule has 6 heteroatoms. The van der Waals surface area contributed by atoms with Gasteiger partial charge in [0, 0.05) is 18.8 Å². The number of ether oxygens (including phenoxy) is 1. The van der Waals surface area contributed by atoms with Gasteiger partial charge in [0.2, 0.25) is 5.91 Å². The Hall–Kier alpha value is -2.37. The summed E-state index contributed by atoms with van der Waals surface area (Å²) in [4.78, 5) is 22.3. The third-order valence-corrected chi connectivity index (χ3v) is 2.11. The molecule has 0 aliphatic rings. The fourth-order valence-corrected chi connectivity index (χ4v) is 1.28.